The van der Waals surface area contributed by atoms with E-state index in [1.54, 1.807) is 12.3 Å². The van der Waals surface area contributed by atoms with Gasteiger partial charge in [-0.1, -0.05) is 53.7 Å². The van der Waals surface area contributed by atoms with Gasteiger partial charge in [-0.2, -0.15) is 0 Å². The fraction of sp³-hybridized carbons (Fsp3) is 0.593. The third-order valence-corrected chi connectivity index (χ3v) is 6.02. The SMILES string of the molecule is CC(C)C[C@H]1NC(=O)[C@H](NC(=O)[C@H](C(C)C)N(C)C)[C@@H](C(C)C)Oc2ccc(cc2)/C=C\NC1=O. The summed E-state index contributed by atoms with van der Waals surface area (Å²) in [5, 5.41) is 8.62. The van der Waals surface area contributed by atoms with E-state index in [0.29, 0.717) is 12.2 Å². The Balaban J connectivity index is 2.52. The molecule has 0 unspecified atom stereocenters. The molecule has 4 atom stereocenters. The highest BCUT2D eigenvalue weighted by molar-refractivity contribution is 5.94. The molecule has 0 saturated carbocycles. The van der Waals surface area contributed by atoms with E-state index in [2.05, 4.69) is 16.0 Å². The maximum absolute atomic E-state index is 13.7. The van der Waals surface area contributed by atoms with Crippen molar-refractivity contribution in [2.24, 2.45) is 17.8 Å². The van der Waals surface area contributed by atoms with Crippen LogP contribution >= 0.6 is 0 Å². The summed E-state index contributed by atoms with van der Waals surface area (Å²) in [6.07, 6.45) is 3.17. The van der Waals surface area contributed by atoms with E-state index in [9.17, 15) is 14.4 Å². The third kappa shape index (κ3) is 8.09. The van der Waals surface area contributed by atoms with Crippen LogP contribution in [-0.2, 0) is 14.4 Å². The van der Waals surface area contributed by atoms with Crippen molar-refractivity contribution in [3.63, 3.8) is 0 Å². The molecule has 8 nitrogen and oxygen atoms in total. The molecular formula is C27H42N4O4. The lowest BCUT2D eigenvalue weighted by Crippen LogP contribution is -2.62. The molecule has 0 fully saturated rings. The lowest BCUT2D eigenvalue weighted by molar-refractivity contribution is -0.136. The van der Waals surface area contributed by atoms with Crippen molar-refractivity contribution >= 4 is 23.8 Å². The van der Waals surface area contributed by atoms with E-state index in [1.165, 1.54) is 0 Å². The van der Waals surface area contributed by atoms with Crippen molar-refractivity contribution in [2.45, 2.75) is 72.2 Å². The molecule has 3 rings (SSSR count). The highest BCUT2D eigenvalue weighted by Crippen LogP contribution is 2.21. The van der Waals surface area contributed by atoms with Crippen LogP contribution in [0.25, 0.3) is 6.08 Å². The summed E-state index contributed by atoms with van der Waals surface area (Å²) in [5.41, 5.74) is 0.899. The number of nitrogens with zero attached hydrogens (tertiary/aromatic N) is 1. The summed E-state index contributed by atoms with van der Waals surface area (Å²) in [7, 11) is 3.68. The number of benzene rings is 1. The summed E-state index contributed by atoms with van der Waals surface area (Å²) in [6, 6.07) is 5.21. The van der Waals surface area contributed by atoms with Crippen LogP contribution in [-0.4, -0.2) is 60.9 Å². The summed E-state index contributed by atoms with van der Waals surface area (Å²) < 4.78 is 6.29. The second-order valence-electron chi connectivity index (χ2n) is 10.6. The minimum absolute atomic E-state index is 0.0313. The quantitative estimate of drug-likeness (QED) is 0.550. The van der Waals surface area contributed by atoms with Gasteiger partial charge in [0.05, 0.1) is 6.04 Å². The topological polar surface area (TPSA) is 99.8 Å². The number of hydrogen-bond donors (Lipinski definition) is 3. The number of ether oxygens (including phenoxy) is 1. The van der Waals surface area contributed by atoms with Crippen molar-refractivity contribution < 1.29 is 19.1 Å². The van der Waals surface area contributed by atoms with Crippen LogP contribution in [0.4, 0.5) is 0 Å². The molecule has 2 heterocycles. The Bertz CT molecular complexity index is 885. The molecule has 2 aliphatic rings. The summed E-state index contributed by atoms with van der Waals surface area (Å²) >= 11 is 0. The second-order valence-corrected chi connectivity index (χ2v) is 10.6. The largest absolute Gasteiger partial charge is 0.487 e. The first-order valence-corrected chi connectivity index (χ1v) is 12.4. The number of likely N-dealkylation sites (N-methyl/N-ethyl adjacent to an activating group) is 1. The van der Waals surface area contributed by atoms with Gasteiger partial charge in [-0.3, -0.25) is 19.3 Å². The highest BCUT2D eigenvalue weighted by atomic mass is 16.5. The standard InChI is InChI=1S/C27H42N4O4/c1-16(2)15-21-25(32)28-14-13-19-9-11-20(12-10-19)35-24(18(5)6)22(26(33)29-21)30-27(34)23(17(3)4)31(7)8/h9-14,16-18,21-24H,15H2,1-8H3,(H,28,32)(H,29,33)(H,30,34)/b14-13-/t21-,22-,23+,24-/m1/s1. The molecule has 1 aromatic carbocycles. The number of fused-ring (bicyclic) bond motifs is 10. The molecule has 0 aromatic heterocycles. The number of amides is 3. The van der Waals surface area contributed by atoms with Gasteiger partial charge in [0.1, 0.15) is 23.9 Å². The Hall–Kier alpha value is -2.87. The van der Waals surface area contributed by atoms with Gasteiger partial charge < -0.3 is 20.7 Å². The van der Waals surface area contributed by atoms with Gasteiger partial charge in [-0.15, -0.1) is 0 Å². The number of carbonyl (C=O) groups excluding carboxylic acids is 3. The number of nitrogens with one attached hydrogen (secondary N) is 3. The average Bonchev–Trinajstić information content (AvgIpc) is 2.75. The van der Waals surface area contributed by atoms with Crippen LogP contribution < -0.4 is 20.7 Å². The van der Waals surface area contributed by atoms with E-state index < -0.39 is 30.1 Å². The summed E-state index contributed by atoms with van der Waals surface area (Å²) in [4.78, 5) is 41.8. The predicted octanol–water partition coefficient (Wildman–Crippen LogP) is 2.79. The van der Waals surface area contributed by atoms with Crippen LogP contribution in [0, 0.1) is 17.8 Å². The molecule has 0 spiro atoms. The first kappa shape index (κ1) is 28.4. The fourth-order valence-corrected chi connectivity index (χ4v) is 4.36. The molecule has 35 heavy (non-hydrogen) atoms. The van der Waals surface area contributed by atoms with Gasteiger partial charge in [-0.25, -0.2) is 0 Å². The molecule has 194 valence electrons. The monoisotopic (exact) mass is 486 g/mol. The molecular weight excluding hydrogens is 444 g/mol. The molecule has 2 aliphatic heterocycles. The van der Waals surface area contributed by atoms with Crippen molar-refractivity contribution in [3.05, 3.63) is 36.0 Å². The minimum Gasteiger partial charge on any atom is -0.487 e. The Morgan fingerprint density at radius 3 is 2.17 bits per heavy atom. The van der Waals surface area contributed by atoms with Gasteiger partial charge in [0, 0.05) is 6.20 Å². The Morgan fingerprint density at radius 2 is 1.66 bits per heavy atom. The molecule has 3 N–H and O–H groups in total. The van der Waals surface area contributed by atoms with E-state index in [4.69, 9.17) is 4.74 Å². The van der Waals surface area contributed by atoms with Crippen LogP contribution in [0.15, 0.2) is 30.5 Å². The molecule has 3 amide bonds. The van der Waals surface area contributed by atoms with E-state index in [-0.39, 0.29) is 29.6 Å². The number of rotatable bonds is 7. The Morgan fingerprint density at radius 1 is 1.03 bits per heavy atom. The number of carbonyl (C=O) groups is 3. The Kier molecular flexibility index (Phi) is 10.3. The third-order valence-electron chi connectivity index (χ3n) is 6.02. The van der Waals surface area contributed by atoms with Crippen LogP contribution in [0.5, 0.6) is 5.75 Å². The van der Waals surface area contributed by atoms with Crippen molar-refractivity contribution in [1.82, 2.24) is 20.9 Å². The average molecular weight is 487 g/mol. The van der Waals surface area contributed by atoms with Gasteiger partial charge in [0.25, 0.3) is 0 Å². The minimum atomic E-state index is -0.996. The normalized spacial score (nSPS) is 23.0. The second kappa shape index (κ2) is 12.7. The lowest BCUT2D eigenvalue weighted by Gasteiger charge is -2.34. The molecule has 0 aliphatic carbocycles. The van der Waals surface area contributed by atoms with Crippen LogP contribution in [0.3, 0.4) is 0 Å². The maximum Gasteiger partial charge on any atom is 0.247 e. The Labute approximate surface area is 209 Å². The van der Waals surface area contributed by atoms with Crippen LogP contribution in [0.1, 0.15) is 53.5 Å². The zero-order valence-corrected chi connectivity index (χ0v) is 22.3. The van der Waals surface area contributed by atoms with Crippen LogP contribution in [0.2, 0.25) is 0 Å². The molecule has 8 heteroatoms. The molecule has 2 bridgehead atoms. The van der Waals surface area contributed by atoms with Gasteiger partial charge in [0.2, 0.25) is 17.7 Å². The molecule has 0 radical (unpaired) electrons. The maximum atomic E-state index is 13.7. The van der Waals surface area contributed by atoms with Crippen molar-refractivity contribution in [2.75, 3.05) is 14.1 Å². The van der Waals surface area contributed by atoms with E-state index in [0.717, 1.165) is 5.56 Å². The molecule has 1 aromatic rings. The zero-order chi connectivity index (χ0) is 26.3. The summed E-state index contributed by atoms with van der Waals surface area (Å²) in [5.74, 6) is -0.319. The van der Waals surface area contributed by atoms with Gasteiger partial charge in [0.15, 0.2) is 0 Å². The number of hydrogen-bond acceptors (Lipinski definition) is 5. The highest BCUT2D eigenvalue weighted by Gasteiger charge is 2.38. The lowest BCUT2D eigenvalue weighted by atomic mass is 9.95. The first-order chi connectivity index (χ1) is 16.4. The first-order valence-electron chi connectivity index (χ1n) is 12.4. The van der Waals surface area contributed by atoms with Gasteiger partial charge in [-0.05, 0) is 62.0 Å². The summed E-state index contributed by atoms with van der Waals surface area (Å²) in [6.45, 7) is 11.8. The predicted molar refractivity (Wildman–Crippen MR) is 139 cm³/mol. The van der Waals surface area contributed by atoms with E-state index >= 15 is 0 Å². The van der Waals surface area contributed by atoms with Crippen molar-refractivity contribution in [1.29, 1.82) is 0 Å². The zero-order valence-electron chi connectivity index (χ0n) is 22.3. The fourth-order valence-electron chi connectivity index (χ4n) is 4.36. The van der Waals surface area contributed by atoms with E-state index in [1.807, 2.05) is 84.8 Å². The van der Waals surface area contributed by atoms with Crippen molar-refractivity contribution in [3.8, 4) is 5.75 Å². The van der Waals surface area contributed by atoms with Gasteiger partial charge >= 0.3 is 0 Å². The smallest absolute Gasteiger partial charge is 0.247 e. The molecule has 0 saturated heterocycles.